The van der Waals surface area contributed by atoms with Gasteiger partial charge in [0.15, 0.2) is 11.5 Å². The van der Waals surface area contributed by atoms with E-state index in [0.29, 0.717) is 17.1 Å². The predicted octanol–water partition coefficient (Wildman–Crippen LogP) is 1.95. The van der Waals surface area contributed by atoms with E-state index in [1.165, 1.54) is 0 Å². The SMILES string of the molecule is Cc1ccccc1OCCC(=O)NNC(=O)c1ccc2c(c1)OCO2. The number of hydrazine groups is 1. The standard InChI is InChI=1S/C18H18N2O5/c1-12-4-2-3-5-14(12)23-9-8-17(21)19-20-18(22)13-6-7-15-16(10-13)25-11-24-15/h2-7,10H,8-9,11H2,1H3,(H,19,21)(H,20,22). The van der Waals surface area contributed by atoms with Crippen LogP contribution in [-0.4, -0.2) is 25.2 Å². The Balaban J connectivity index is 1.43. The molecule has 0 radical (unpaired) electrons. The van der Waals surface area contributed by atoms with Gasteiger partial charge >= 0.3 is 0 Å². The molecule has 0 aromatic heterocycles. The summed E-state index contributed by atoms with van der Waals surface area (Å²) in [5, 5.41) is 0. The first kappa shape index (κ1) is 16.6. The first-order valence-electron chi connectivity index (χ1n) is 7.81. The highest BCUT2D eigenvalue weighted by Crippen LogP contribution is 2.32. The fourth-order valence-corrected chi connectivity index (χ4v) is 2.27. The van der Waals surface area contributed by atoms with Crippen LogP contribution in [0.3, 0.4) is 0 Å². The molecule has 1 aliphatic heterocycles. The molecule has 130 valence electrons. The maximum absolute atomic E-state index is 12.0. The van der Waals surface area contributed by atoms with Crippen molar-refractivity contribution in [1.29, 1.82) is 0 Å². The molecule has 2 amide bonds. The molecule has 7 heteroatoms. The Morgan fingerprint density at radius 2 is 1.88 bits per heavy atom. The number of fused-ring (bicyclic) bond motifs is 1. The molecule has 2 aromatic carbocycles. The van der Waals surface area contributed by atoms with Crippen molar-refractivity contribution in [2.24, 2.45) is 0 Å². The van der Waals surface area contributed by atoms with Crippen LogP contribution in [0.25, 0.3) is 0 Å². The van der Waals surface area contributed by atoms with E-state index in [-0.39, 0.29) is 25.7 Å². The number of carbonyl (C=O) groups is 2. The number of amides is 2. The van der Waals surface area contributed by atoms with Crippen molar-refractivity contribution < 1.29 is 23.8 Å². The minimum atomic E-state index is -0.438. The summed E-state index contributed by atoms with van der Waals surface area (Å²) in [6, 6.07) is 12.4. The second kappa shape index (κ2) is 7.57. The van der Waals surface area contributed by atoms with Gasteiger partial charge in [0.05, 0.1) is 13.0 Å². The third-order valence-electron chi connectivity index (χ3n) is 3.63. The molecule has 1 aliphatic rings. The van der Waals surface area contributed by atoms with Crippen molar-refractivity contribution in [1.82, 2.24) is 10.9 Å². The Morgan fingerprint density at radius 1 is 1.08 bits per heavy atom. The zero-order valence-electron chi connectivity index (χ0n) is 13.7. The summed E-state index contributed by atoms with van der Waals surface area (Å²) in [6.45, 7) is 2.29. The highest BCUT2D eigenvalue weighted by molar-refractivity contribution is 5.96. The largest absolute Gasteiger partial charge is 0.493 e. The summed E-state index contributed by atoms with van der Waals surface area (Å²) < 4.78 is 15.9. The summed E-state index contributed by atoms with van der Waals surface area (Å²) in [5.41, 5.74) is 6.08. The van der Waals surface area contributed by atoms with Crippen LogP contribution in [-0.2, 0) is 4.79 Å². The van der Waals surface area contributed by atoms with E-state index < -0.39 is 5.91 Å². The molecule has 0 fully saturated rings. The summed E-state index contributed by atoms with van der Waals surface area (Å²) in [4.78, 5) is 23.8. The minimum Gasteiger partial charge on any atom is -0.493 e. The molecule has 1 heterocycles. The van der Waals surface area contributed by atoms with Gasteiger partial charge in [-0.1, -0.05) is 18.2 Å². The normalized spacial score (nSPS) is 11.7. The molecule has 0 saturated carbocycles. The topological polar surface area (TPSA) is 85.9 Å². The van der Waals surface area contributed by atoms with Gasteiger partial charge in [0.2, 0.25) is 12.7 Å². The van der Waals surface area contributed by atoms with E-state index in [2.05, 4.69) is 10.9 Å². The molecule has 0 aliphatic carbocycles. The van der Waals surface area contributed by atoms with Crippen molar-refractivity contribution in [2.45, 2.75) is 13.3 Å². The lowest BCUT2D eigenvalue weighted by atomic mass is 10.2. The van der Waals surface area contributed by atoms with Crippen LogP contribution in [0.1, 0.15) is 22.3 Å². The summed E-state index contributed by atoms with van der Waals surface area (Å²) in [5.74, 6) is 1.05. The molecule has 0 unspecified atom stereocenters. The van der Waals surface area contributed by atoms with E-state index in [9.17, 15) is 9.59 Å². The molecule has 25 heavy (non-hydrogen) atoms. The molecule has 2 N–H and O–H groups in total. The number of hydrogen-bond donors (Lipinski definition) is 2. The third-order valence-corrected chi connectivity index (χ3v) is 3.63. The summed E-state index contributed by atoms with van der Waals surface area (Å²) in [7, 11) is 0. The quantitative estimate of drug-likeness (QED) is 0.811. The van der Waals surface area contributed by atoms with Gasteiger partial charge in [-0.15, -0.1) is 0 Å². The van der Waals surface area contributed by atoms with E-state index in [1.807, 2.05) is 31.2 Å². The van der Waals surface area contributed by atoms with Crippen LogP contribution >= 0.6 is 0 Å². The molecule has 0 saturated heterocycles. The van der Waals surface area contributed by atoms with Gasteiger partial charge in [-0.25, -0.2) is 0 Å². The van der Waals surface area contributed by atoms with Gasteiger partial charge in [0, 0.05) is 5.56 Å². The number of aryl methyl sites for hydroxylation is 1. The number of nitrogens with one attached hydrogen (secondary N) is 2. The van der Waals surface area contributed by atoms with Crippen LogP contribution in [0.5, 0.6) is 17.2 Å². The smallest absolute Gasteiger partial charge is 0.269 e. The van der Waals surface area contributed by atoms with E-state index in [4.69, 9.17) is 14.2 Å². The van der Waals surface area contributed by atoms with Gasteiger partial charge < -0.3 is 14.2 Å². The summed E-state index contributed by atoms with van der Waals surface area (Å²) in [6.07, 6.45) is 0.121. The average molecular weight is 342 g/mol. The Hall–Kier alpha value is -3.22. The van der Waals surface area contributed by atoms with Gasteiger partial charge in [-0.05, 0) is 36.8 Å². The van der Waals surface area contributed by atoms with E-state index in [0.717, 1.165) is 11.3 Å². The highest BCUT2D eigenvalue weighted by atomic mass is 16.7. The maximum Gasteiger partial charge on any atom is 0.269 e. The van der Waals surface area contributed by atoms with E-state index >= 15 is 0 Å². The number of carbonyl (C=O) groups excluding carboxylic acids is 2. The minimum absolute atomic E-state index is 0.121. The van der Waals surface area contributed by atoms with Crippen LogP contribution in [0.15, 0.2) is 42.5 Å². The molecule has 2 aromatic rings. The number of para-hydroxylation sites is 1. The zero-order valence-corrected chi connectivity index (χ0v) is 13.7. The maximum atomic E-state index is 12.0. The van der Waals surface area contributed by atoms with Crippen molar-refractivity contribution in [3.63, 3.8) is 0 Å². The Labute approximate surface area is 144 Å². The molecule has 0 atom stereocenters. The lowest BCUT2D eigenvalue weighted by Gasteiger charge is -2.10. The fraction of sp³-hybridized carbons (Fsp3) is 0.222. The Morgan fingerprint density at radius 3 is 2.72 bits per heavy atom. The van der Waals surface area contributed by atoms with Crippen LogP contribution in [0.2, 0.25) is 0 Å². The monoisotopic (exact) mass is 342 g/mol. The zero-order chi connectivity index (χ0) is 17.6. The van der Waals surface area contributed by atoms with Crippen molar-refractivity contribution >= 4 is 11.8 Å². The second-order valence-electron chi connectivity index (χ2n) is 5.43. The molecular weight excluding hydrogens is 324 g/mol. The van der Waals surface area contributed by atoms with Crippen LogP contribution < -0.4 is 25.1 Å². The number of hydrogen-bond acceptors (Lipinski definition) is 5. The molecule has 0 spiro atoms. The van der Waals surface area contributed by atoms with Crippen molar-refractivity contribution in [3.8, 4) is 17.2 Å². The number of ether oxygens (including phenoxy) is 3. The van der Waals surface area contributed by atoms with Crippen molar-refractivity contribution in [2.75, 3.05) is 13.4 Å². The van der Waals surface area contributed by atoms with Crippen LogP contribution in [0.4, 0.5) is 0 Å². The number of benzene rings is 2. The Kier molecular flexibility index (Phi) is 5.03. The molecule has 7 nitrogen and oxygen atoms in total. The van der Waals surface area contributed by atoms with E-state index in [1.54, 1.807) is 18.2 Å². The molecule has 0 bridgehead atoms. The predicted molar refractivity (Wildman–Crippen MR) is 89.5 cm³/mol. The fourth-order valence-electron chi connectivity index (χ4n) is 2.27. The third kappa shape index (κ3) is 4.20. The summed E-state index contributed by atoms with van der Waals surface area (Å²) >= 11 is 0. The van der Waals surface area contributed by atoms with Gasteiger partial charge in [0.1, 0.15) is 5.75 Å². The first-order valence-corrected chi connectivity index (χ1v) is 7.81. The highest BCUT2D eigenvalue weighted by Gasteiger charge is 2.16. The second-order valence-corrected chi connectivity index (χ2v) is 5.43. The molecule has 3 rings (SSSR count). The first-order chi connectivity index (χ1) is 12.1. The van der Waals surface area contributed by atoms with Gasteiger partial charge in [0.25, 0.3) is 5.91 Å². The van der Waals surface area contributed by atoms with Crippen molar-refractivity contribution in [3.05, 3.63) is 53.6 Å². The molecular formula is C18H18N2O5. The number of rotatable bonds is 5. The van der Waals surface area contributed by atoms with Gasteiger partial charge in [-0.2, -0.15) is 0 Å². The van der Waals surface area contributed by atoms with Gasteiger partial charge in [-0.3, -0.25) is 20.4 Å². The lowest BCUT2D eigenvalue weighted by Crippen LogP contribution is -2.42. The Bertz CT molecular complexity index is 791. The average Bonchev–Trinajstić information content (AvgIpc) is 3.09. The van der Waals surface area contributed by atoms with Crippen LogP contribution in [0, 0.1) is 6.92 Å². The lowest BCUT2D eigenvalue weighted by molar-refractivity contribution is -0.122.